The first-order valence-corrected chi connectivity index (χ1v) is 8.83. The first-order chi connectivity index (χ1) is 11.9. The average Bonchev–Trinajstić information content (AvgIpc) is 2.45. The van der Waals surface area contributed by atoms with Gasteiger partial charge < -0.3 is 14.8 Å². The van der Waals surface area contributed by atoms with E-state index in [-0.39, 0.29) is 24.2 Å². The number of carbonyl (C=O) groups excluding carboxylic acids is 2. The highest BCUT2D eigenvalue weighted by Gasteiger charge is 2.27. The van der Waals surface area contributed by atoms with Gasteiger partial charge in [0, 0.05) is 5.92 Å². The number of rotatable bonds is 6. The topological polar surface area (TPSA) is 64.6 Å². The van der Waals surface area contributed by atoms with Crippen molar-refractivity contribution in [3.8, 4) is 0 Å². The van der Waals surface area contributed by atoms with Crippen molar-refractivity contribution in [2.75, 3.05) is 6.54 Å². The molecule has 0 aliphatic heterocycles. The molecule has 1 aromatic carbocycles. The Bertz CT molecular complexity index is 637. The molecule has 6 heteroatoms. The number of aryl methyl sites for hydroxylation is 1. The summed E-state index contributed by atoms with van der Waals surface area (Å²) >= 11 is 0. The zero-order chi connectivity index (χ0) is 20.1. The Kier molecular flexibility index (Phi) is 7.60. The number of amides is 1. The third-order valence-corrected chi connectivity index (χ3v) is 3.91. The highest BCUT2D eigenvalue weighted by molar-refractivity contribution is 5.78. The molecule has 0 radical (unpaired) electrons. The van der Waals surface area contributed by atoms with E-state index in [1.165, 1.54) is 12.1 Å². The summed E-state index contributed by atoms with van der Waals surface area (Å²) in [5.41, 5.74) is 1.13. The molecule has 0 heterocycles. The van der Waals surface area contributed by atoms with Gasteiger partial charge in [-0.1, -0.05) is 19.9 Å². The van der Waals surface area contributed by atoms with Gasteiger partial charge in [0.2, 0.25) is 0 Å². The van der Waals surface area contributed by atoms with Gasteiger partial charge >= 0.3 is 12.1 Å². The fourth-order valence-electron chi connectivity index (χ4n) is 2.95. The van der Waals surface area contributed by atoms with E-state index in [1.54, 1.807) is 33.8 Å². The van der Waals surface area contributed by atoms with E-state index in [0.29, 0.717) is 0 Å². The van der Waals surface area contributed by atoms with Crippen LogP contribution in [0.15, 0.2) is 18.2 Å². The predicted molar refractivity (Wildman–Crippen MR) is 98.5 cm³/mol. The summed E-state index contributed by atoms with van der Waals surface area (Å²) in [4.78, 5) is 23.7. The van der Waals surface area contributed by atoms with Crippen LogP contribution in [0.1, 0.15) is 58.6 Å². The van der Waals surface area contributed by atoms with Gasteiger partial charge in [0.05, 0.1) is 0 Å². The summed E-state index contributed by atoms with van der Waals surface area (Å²) in [6, 6.07) is 4.62. The quantitative estimate of drug-likeness (QED) is 0.760. The lowest BCUT2D eigenvalue weighted by Gasteiger charge is -2.29. The fourth-order valence-corrected chi connectivity index (χ4v) is 2.95. The highest BCUT2D eigenvalue weighted by atomic mass is 19.1. The number of esters is 1. The molecule has 2 atom stereocenters. The van der Waals surface area contributed by atoms with E-state index in [0.717, 1.165) is 11.1 Å². The third-order valence-electron chi connectivity index (χ3n) is 3.91. The van der Waals surface area contributed by atoms with Crippen molar-refractivity contribution in [3.05, 3.63) is 35.1 Å². The monoisotopic (exact) mass is 367 g/mol. The SMILES string of the molecule is Cc1cc(F)ccc1[C@H](C(C)C)[C@H](C)OC(=O)CNC(=O)OC(C)(C)C. The van der Waals surface area contributed by atoms with Crippen molar-refractivity contribution in [1.29, 1.82) is 0 Å². The Morgan fingerprint density at radius 1 is 1.19 bits per heavy atom. The Labute approximate surface area is 155 Å². The third kappa shape index (κ3) is 7.02. The molecule has 0 fully saturated rings. The van der Waals surface area contributed by atoms with Gasteiger partial charge in [0.15, 0.2) is 0 Å². The second-order valence-electron chi connectivity index (χ2n) is 7.82. The van der Waals surface area contributed by atoms with Crippen LogP contribution in [0.25, 0.3) is 0 Å². The maximum absolute atomic E-state index is 13.4. The van der Waals surface area contributed by atoms with Crippen LogP contribution in [0.2, 0.25) is 0 Å². The van der Waals surface area contributed by atoms with Gasteiger partial charge in [-0.05, 0) is 63.8 Å². The molecule has 1 N–H and O–H groups in total. The molecule has 146 valence electrons. The van der Waals surface area contributed by atoms with Gasteiger partial charge in [-0.15, -0.1) is 0 Å². The van der Waals surface area contributed by atoms with Crippen LogP contribution in [0.3, 0.4) is 0 Å². The number of benzene rings is 1. The maximum Gasteiger partial charge on any atom is 0.408 e. The molecule has 0 aromatic heterocycles. The molecule has 0 saturated carbocycles. The van der Waals surface area contributed by atoms with Crippen LogP contribution < -0.4 is 5.32 Å². The van der Waals surface area contributed by atoms with Crippen LogP contribution >= 0.6 is 0 Å². The standard InChI is InChI=1S/C20H30FNO4/c1-12(2)18(16-9-8-15(21)10-13(16)3)14(4)25-17(23)11-22-19(24)26-20(5,6)7/h8-10,12,14,18H,11H2,1-7H3,(H,22,24)/t14-,18+/m0/s1. The van der Waals surface area contributed by atoms with Crippen molar-refractivity contribution in [2.24, 2.45) is 5.92 Å². The van der Waals surface area contributed by atoms with Crippen LogP contribution in [0, 0.1) is 18.7 Å². The first kappa shape index (κ1) is 21.9. The summed E-state index contributed by atoms with van der Waals surface area (Å²) in [6.07, 6.45) is -1.09. The molecule has 0 bridgehead atoms. The van der Waals surface area contributed by atoms with E-state index in [9.17, 15) is 14.0 Å². The van der Waals surface area contributed by atoms with E-state index >= 15 is 0 Å². The van der Waals surface area contributed by atoms with Gasteiger partial charge in [0.25, 0.3) is 0 Å². The molecule has 1 amide bonds. The van der Waals surface area contributed by atoms with Crippen molar-refractivity contribution in [2.45, 2.75) is 66.1 Å². The number of alkyl carbamates (subject to hydrolysis) is 1. The Morgan fingerprint density at radius 2 is 1.81 bits per heavy atom. The van der Waals surface area contributed by atoms with Crippen molar-refractivity contribution >= 4 is 12.1 Å². The summed E-state index contributed by atoms with van der Waals surface area (Å²) in [5, 5.41) is 2.39. The molecule has 0 aliphatic carbocycles. The van der Waals surface area contributed by atoms with Gasteiger partial charge in [0.1, 0.15) is 24.1 Å². The van der Waals surface area contributed by atoms with Crippen LogP contribution in [-0.4, -0.2) is 30.3 Å². The maximum atomic E-state index is 13.4. The molecule has 0 spiro atoms. The number of halogens is 1. The summed E-state index contributed by atoms with van der Waals surface area (Å²) in [6.45, 7) is 12.6. The highest BCUT2D eigenvalue weighted by Crippen LogP contribution is 2.32. The van der Waals surface area contributed by atoms with E-state index in [2.05, 4.69) is 5.32 Å². The minimum absolute atomic E-state index is 0.0823. The van der Waals surface area contributed by atoms with Crippen LogP contribution in [0.5, 0.6) is 0 Å². The van der Waals surface area contributed by atoms with Gasteiger partial charge in [-0.3, -0.25) is 4.79 Å². The second kappa shape index (κ2) is 9.01. The zero-order valence-electron chi connectivity index (χ0n) is 16.7. The number of hydrogen-bond donors (Lipinski definition) is 1. The van der Waals surface area contributed by atoms with Crippen molar-refractivity contribution in [3.63, 3.8) is 0 Å². The largest absolute Gasteiger partial charge is 0.461 e. The zero-order valence-corrected chi connectivity index (χ0v) is 16.7. The molecule has 1 rings (SSSR count). The Morgan fingerprint density at radius 3 is 2.31 bits per heavy atom. The molecular weight excluding hydrogens is 337 g/mol. The van der Waals surface area contributed by atoms with Gasteiger partial charge in [-0.25, -0.2) is 9.18 Å². The van der Waals surface area contributed by atoms with Crippen molar-refractivity contribution < 1.29 is 23.5 Å². The van der Waals surface area contributed by atoms with Crippen molar-refractivity contribution in [1.82, 2.24) is 5.32 Å². The van der Waals surface area contributed by atoms with E-state index < -0.39 is 23.8 Å². The van der Waals surface area contributed by atoms with E-state index in [1.807, 2.05) is 20.8 Å². The Balaban J connectivity index is 2.71. The smallest absolute Gasteiger partial charge is 0.408 e. The normalized spacial score (nSPS) is 13.9. The van der Waals surface area contributed by atoms with Crippen LogP contribution in [0.4, 0.5) is 9.18 Å². The number of nitrogens with one attached hydrogen (secondary N) is 1. The minimum Gasteiger partial charge on any atom is -0.461 e. The molecule has 1 aromatic rings. The molecule has 0 unspecified atom stereocenters. The van der Waals surface area contributed by atoms with Crippen LogP contribution in [-0.2, 0) is 14.3 Å². The Hall–Kier alpha value is -2.11. The average molecular weight is 367 g/mol. The summed E-state index contributed by atoms with van der Waals surface area (Å²) in [7, 11) is 0. The minimum atomic E-state index is -0.670. The lowest BCUT2D eigenvalue weighted by atomic mass is 9.82. The number of ether oxygens (including phenoxy) is 2. The molecule has 5 nitrogen and oxygen atoms in total. The second-order valence-corrected chi connectivity index (χ2v) is 7.82. The number of hydrogen-bond acceptors (Lipinski definition) is 4. The predicted octanol–water partition coefficient (Wildman–Crippen LogP) is 4.33. The molecule has 26 heavy (non-hydrogen) atoms. The summed E-state index contributed by atoms with van der Waals surface area (Å²) in [5.74, 6) is -0.740. The van der Waals surface area contributed by atoms with Gasteiger partial charge in [-0.2, -0.15) is 0 Å². The number of carbonyl (C=O) groups is 2. The lowest BCUT2D eigenvalue weighted by Crippen LogP contribution is -2.37. The fraction of sp³-hybridized carbons (Fsp3) is 0.600. The first-order valence-electron chi connectivity index (χ1n) is 8.83. The lowest BCUT2D eigenvalue weighted by molar-refractivity contribution is -0.148. The molecule has 0 aliphatic rings. The summed E-state index contributed by atoms with van der Waals surface area (Å²) < 4.78 is 24.0. The molecular formula is C20H30FNO4. The molecule has 0 saturated heterocycles. The van der Waals surface area contributed by atoms with E-state index in [4.69, 9.17) is 9.47 Å².